The molecule has 2 aromatic rings. The molecule has 0 heterocycles. The molecule has 0 saturated carbocycles. The normalized spacial score (nSPS) is 9.92. The van der Waals surface area contributed by atoms with E-state index in [-0.39, 0.29) is 5.56 Å². The van der Waals surface area contributed by atoms with Crippen LogP contribution in [0.4, 0.5) is 0 Å². The Morgan fingerprint density at radius 3 is 1.96 bits per heavy atom. The number of benzene rings is 2. The monoisotopic (exact) mass is 357 g/mol. The van der Waals surface area contributed by atoms with Crippen LogP contribution < -0.4 is 10.1 Å². The fourth-order valence-corrected chi connectivity index (χ4v) is 2.07. The predicted octanol–water partition coefficient (Wildman–Crippen LogP) is 1.95. The summed E-state index contributed by atoms with van der Waals surface area (Å²) in [5.74, 6) is -0.837. The van der Waals surface area contributed by atoms with Crippen molar-refractivity contribution in [3.05, 3.63) is 65.2 Å². The largest absolute Gasteiger partial charge is 0.497 e. The van der Waals surface area contributed by atoms with E-state index in [0.29, 0.717) is 12.1 Å². The van der Waals surface area contributed by atoms with Crippen molar-refractivity contribution in [2.24, 2.45) is 0 Å². The van der Waals surface area contributed by atoms with E-state index in [4.69, 9.17) is 9.47 Å². The predicted molar refractivity (Wildman–Crippen MR) is 92.9 cm³/mol. The Morgan fingerprint density at radius 1 is 0.846 bits per heavy atom. The van der Waals surface area contributed by atoms with Crippen LogP contribution in [0.3, 0.4) is 0 Å². The molecule has 0 fully saturated rings. The summed E-state index contributed by atoms with van der Waals surface area (Å²) in [6.45, 7) is -0.0814. The molecular weight excluding hydrogens is 338 g/mol. The number of rotatable bonds is 7. The van der Waals surface area contributed by atoms with Crippen LogP contribution >= 0.6 is 0 Å². The van der Waals surface area contributed by atoms with Crippen LogP contribution in [-0.2, 0) is 20.8 Å². The first kappa shape index (κ1) is 19.0. The van der Waals surface area contributed by atoms with Crippen molar-refractivity contribution in [1.29, 1.82) is 0 Å². The number of nitrogens with one attached hydrogen (secondary N) is 1. The molecule has 0 aliphatic rings. The SMILES string of the molecule is COC(=O)c1ccc(C(=O)OCC(=O)NCc2ccc(OC)cc2)cc1. The Labute approximate surface area is 150 Å². The number of amides is 1. The minimum atomic E-state index is -0.652. The van der Waals surface area contributed by atoms with Crippen LogP contribution in [0.1, 0.15) is 26.3 Å². The zero-order chi connectivity index (χ0) is 18.9. The summed E-state index contributed by atoms with van der Waals surface area (Å²) in [5, 5.41) is 2.66. The second kappa shape index (κ2) is 9.22. The van der Waals surface area contributed by atoms with Gasteiger partial charge < -0.3 is 19.5 Å². The van der Waals surface area contributed by atoms with E-state index in [9.17, 15) is 14.4 Å². The van der Waals surface area contributed by atoms with Gasteiger partial charge >= 0.3 is 11.9 Å². The van der Waals surface area contributed by atoms with Gasteiger partial charge in [0, 0.05) is 6.54 Å². The molecule has 0 radical (unpaired) electrons. The maximum absolute atomic E-state index is 11.9. The van der Waals surface area contributed by atoms with Gasteiger partial charge in [0.1, 0.15) is 5.75 Å². The van der Waals surface area contributed by atoms with E-state index in [2.05, 4.69) is 10.1 Å². The Kier molecular flexibility index (Phi) is 6.73. The fourth-order valence-electron chi connectivity index (χ4n) is 2.07. The Bertz CT molecular complexity index is 768. The lowest BCUT2D eigenvalue weighted by molar-refractivity contribution is -0.124. The van der Waals surface area contributed by atoms with Crippen LogP contribution in [0.25, 0.3) is 0 Å². The molecule has 0 spiro atoms. The highest BCUT2D eigenvalue weighted by molar-refractivity contribution is 5.94. The minimum absolute atomic E-state index is 0.237. The molecule has 1 amide bonds. The summed E-state index contributed by atoms with van der Waals surface area (Å²) < 4.78 is 14.6. The van der Waals surface area contributed by atoms with Gasteiger partial charge in [-0.05, 0) is 42.0 Å². The van der Waals surface area contributed by atoms with Crippen LogP contribution in [0, 0.1) is 0 Å². The highest BCUT2D eigenvalue weighted by Crippen LogP contribution is 2.11. The summed E-state index contributed by atoms with van der Waals surface area (Å²) in [4.78, 5) is 35.0. The average Bonchev–Trinajstić information content (AvgIpc) is 2.70. The van der Waals surface area contributed by atoms with E-state index in [1.165, 1.54) is 31.4 Å². The molecule has 0 unspecified atom stereocenters. The van der Waals surface area contributed by atoms with Gasteiger partial charge in [-0.1, -0.05) is 12.1 Å². The molecule has 7 heteroatoms. The Balaban J connectivity index is 1.78. The zero-order valence-corrected chi connectivity index (χ0v) is 14.5. The summed E-state index contributed by atoms with van der Waals surface area (Å²) in [5.41, 5.74) is 1.45. The summed E-state index contributed by atoms with van der Waals surface area (Å²) >= 11 is 0. The molecule has 2 rings (SSSR count). The quantitative estimate of drug-likeness (QED) is 0.762. The second-order valence-electron chi connectivity index (χ2n) is 5.27. The highest BCUT2D eigenvalue weighted by Gasteiger charge is 2.12. The zero-order valence-electron chi connectivity index (χ0n) is 14.5. The maximum atomic E-state index is 11.9. The number of carbonyl (C=O) groups is 3. The van der Waals surface area contributed by atoms with Crippen molar-refractivity contribution >= 4 is 17.8 Å². The van der Waals surface area contributed by atoms with Crippen molar-refractivity contribution in [3.8, 4) is 5.75 Å². The summed E-state index contributed by atoms with van der Waals surface area (Å²) in [6.07, 6.45) is 0. The Morgan fingerprint density at radius 2 is 1.42 bits per heavy atom. The molecule has 0 atom stereocenters. The first-order chi connectivity index (χ1) is 12.5. The molecule has 136 valence electrons. The van der Waals surface area contributed by atoms with Crippen molar-refractivity contribution in [2.45, 2.75) is 6.54 Å². The summed E-state index contributed by atoms with van der Waals surface area (Å²) in [6, 6.07) is 13.0. The molecule has 0 saturated heterocycles. The van der Waals surface area contributed by atoms with E-state index in [0.717, 1.165) is 11.3 Å². The van der Waals surface area contributed by atoms with Crippen molar-refractivity contribution in [3.63, 3.8) is 0 Å². The minimum Gasteiger partial charge on any atom is -0.497 e. The van der Waals surface area contributed by atoms with E-state index in [1.807, 2.05) is 12.1 Å². The van der Waals surface area contributed by atoms with Gasteiger partial charge in [-0.2, -0.15) is 0 Å². The highest BCUT2D eigenvalue weighted by atomic mass is 16.5. The molecule has 26 heavy (non-hydrogen) atoms. The van der Waals surface area contributed by atoms with Gasteiger partial charge in [0.15, 0.2) is 6.61 Å². The van der Waals surface area contributed by atoms with E-state index < -0.39 is 24.5 Å². The lowest BCUT2D eigenvalue weighted by atomic mass is 10.1. The van der Waals surface area contributed by atoms with Gasteiger partial charge in [0.25, 0.3) is 5.91 Å². The third-order valence-corrected chi connectivity index (χ3v) is 3.52. The molecule has 0 aliphatic carbocycles. The van der Waals surface area contributed by atoms with Gasteiger partial charge in [-0.25, -0.2) is 9.59 Å². The van der Waals surface area contributed by atoms with Crippen molar-refractivity contribution in [2.75, 3.05) is 20.8 Å². The van der Waals surface area contributed by atoms with E-state index >= 15 is 0 Å². The molecular formula is C19H19NO6. The number of hydrogen-bond donors (Lipinski definition) is 1. The lowest BCUT2D eigenvalue weighted by Gasteiger charge is -2.08. The third kappa shape index (κ3) is 5.34. The standard InChI is InChI=1S/C19H19NO6/c1-24-16-9-3-13(4-10-16)11-20-17(21)12-26-19(23)15-7-5-14(6-8-15)18(22)25-2/h3-10H,11-12H2,1-2H3,(H,20,21). The first-order valence-electron chi connectivity index (χ1n) is 7.78. The molecule has 0 aromatic heterocycles. The van der Waals surface area contributed by atoms with Gasteiger partial charge in [-0.3, -0.25) is 4.79 Å². The van der Waals surface area contributed by atoms with Gasteiger partial charge in [0.05, 0.1) is 25.3 Å². The topological polar surface area (TPSA) is 90.9 Å². The fraction of sp³-hybridized carbons (Fsp3) is 0.211. The maximum Gasteiger partial charge on any atom is 0.338 e. The molecule has 2 aromatic carbocycles. The van der Waals surface area contributed by atoms with Crippen LogP contribution in [-0.4, -0.2) is 38.7 Å². The van der Waals surface area contributed by atoms with Gasteiger partial charge in [-0.15, -0.1) is 0 Å². The number of ether oxygens (including phenoxy) is 3. The number of esters is 2. The van der Waals surface area contributed by atoms with Crippen LogP contribution in [0.15, 0.2) is 48.5 Å². The average molecular weight is 357 g/mol. The van der Waals surface area contributed by atoms with E-state index in [1.54, 1.807) is 19.2 Å². The molecule has 1 N–H and O–H groups in total. The number of hydrogen-bond acceptors (Lipinski definition) is 6. The first-order valence-corrected chi connectivity index (χ1v) is 7.78. The summed E-state index contributed by atoms with van der Waals surface area (Å²) in [7, 11) is 2.85. The van der Waals surface area contributed by atoms with Crippen molar-refractivity contribution in [1.82, 2.24) is 5.32 Å². The second-order valence-corrected chi connectivity index (χ2v) is 5.27. The molecule has 0 bridgehead atoms. The number of carbonyl (C=O) groups excluding carboxylic acids is 3. The third-order valence-electron chi connectivity index (χ3n) is 3.52. The smallest absolute Gasteiger partial charge is 0.338 e. The molecule has 0 aliphatic heterocycles. The van der Waals surface area contributed by atoms with Crippen molar-refractivity contribution < 1.29 is 28.6 Å². The lowest BCUT2D eigenvalue weighted by Crippen LogP contribution is -2.28. The number of methoxy groups -OCH3 is 2. The van der Waals surface area contributed by atoms with Crippen LogP contribution in [0.5, 0.6) is 5.75 Å². The Hall–Kier alpha value is -3.35. The van der Waals surface area contributed by atoms with Gasteiger partial charge in [0.2, 0.25) is 0 Å². The van der Waals surface area contributed by atoms with Crippen LogP contribution in [0.2, 0.25) is 0 Å². The molecule has 7 nitrogen and oxygen atoms in total.